The van der Waals surface area contributed by atoms with E-state index in [4.69, 9.17) is 5.11 Å². The van der Waals surface area contributed by atoms with E-state index in [1.807, 2.05) is 18.2 Å². The number of aliphatic hydroxyl groups is 2. The molecule has 2 atom stereocenters. The largest absolute Gasteiger partial charge is 0.481 e. The lowest BCUT2D eigenvalue weighted by Gasteiger charge is -2.07. The predicted octanol–water partition coefficient (Wildman–Crippen LogP) is 3.32. The Labute approximate surface area is 149 Å². The normalized spacial score (nSPS) is 17.8. The molecule has 0 spiro atoms. The molecule has 0 bridgehead atoms. The van der Waals surface area contributed by atoms with Gasteiger partial charge in [-0.15, -0.1) is 0 Å². The van der Waals surface area contributed by atoms with Crippen LogP contribution in [0.15, 0.2) is 35.5 Å². The molecule has 0 unspecified atom stereocenters. The number of aliphatic hydroxyl groups excluding tert-OH is 2. The van der Waals surface area contributed by atoms with E-state index >= 15 is 0 Å². The van der Waals surface area contributed by atoms with Crippen molar-refractivity contribution in [2.75, 3.05) is 0 Å². The van der Waals surface area contributed by atoms with Crippen LogP contribution in [0.1, 0.15) is 64.7 Å². The van der Waals surface area contributed by atoms with Crippen molar-refractivity contribution in [2.24, 2.45) is 0 Å². The molecule has 1 aliphatic carbocycles. The minimum Gasteiger partial charge on any atom is -0.481 e. The fourth-order valence-corrected chi connectivity index (χ4v) is 2.79. The number of allylic oxidation sites excluding steroid dienone is 5. The fraction of sp³-hybridized carbons (Fsp3) is 0.600. The number of Topliss-reactive ketones (excluding diaryl/α,β-unsaturated/α-hetero) is 1. The Morgan fingerprint density at radius 2 is 1.92 bits per heavy atom. The van der Waals surface area contributed by atoms with Crippen molar-refractivity contribution < 1.29 is 24.9 Å². The number of unbranched alkanes of at least 4 members (excludes halogenated alkanes) is 1. The molecule has 0 radical (unpaired) electrons. The predicted molar refractivity (Wildman–Crippen MR) is 97.2 cm³/mol. The number of hydrogen-bond acceptors (Lipinski definition) is 4. The quantitative estimate of drug-likeness (QED) is 0.371. The molecule has 1 aliphatic rings. The molecule has 1 rings (SSSR count). The Bertz CT molecular complexity index is 528. The summed E-state index contributed by atoms with van der Waals surface area (Å²) in [6.07, 6.45) is 11.8. The summed E-state index contributed by atoms with van der Waals surface area (Å²) in [6, 6.07) is 0. The van der Waals surface area contributed by atoms with E-state index in [-0.39, 0.29) is 18.3 Å². The van der Waals surface area contributed by atoms with Crippen molar-refractivity contribution in [1.29, 1.82) is 0 Å². The zero-order valence-electron chi connectivity index (χ0n) is 15.0. The van der Waals surface area contributed by atoms with Gasteiger partial charge in [0.05, 0.1) is 12.2 Å². The van der Waals surface area contributed by atoms with Gasteiger partial charge in [-0.3, -0.25) is 9.59 Å². The summed E-state index contributed by atoms with van der Waals surface area (Å²) in [7, 11) is 0. The molecule has 0 amide bonds. The van der Waals surface area contributed by atoms with E-state index in [1.165, 1.54) is 0 Å². The van der Waals surface area contributed by atoms with E-state index in [9.17, 15) is 19.8 Å². The molecule has 0 fully saturated rings. The van der Waals surface area contributed by atoms with Gasteiger partial charge >= 0.3 is 5.97 Å². The van der Waals surface area contributed by atoms with Crippen LogP contribution < -0.4 is 0 Å². The first-order valence-corrected chi connectivity index (χ1v) is 9.06. The van der Waals surface area contributed by atoms with Gasteiger partial charge in [0.15, 0.2) is 5.78 Å². The van der Waals surface area contributed by atoms with Gasteiger partial charge in [0, 0.05) is 18.4 Å². The summed E-state index contributed by atoms with van der Waals surface area (Å²) in [5, 5.41) is 27.8. The highest BCUT2D eigenvalue weighted by atomic mass is 16.4. The maximum absolute atomic E-state index is 12.0. The van der Waals surface area contributed by atoms with Crippen LogP contribution in [0.4, 0.5) is 0 Å². The molecular formula is C20H30O5. The topological polar surface area (TPSA) is 94.8 Å². The van der Waals surface area contributed by atoms with Gasteiger partial charge in [-0.05, 0) is 57.4 Å². The molecule has 0 aliphatic heterocycles. The van der Waals surface area contributed by atoms with E-state index in [0.29, 0.717) is 44.9 Å². The summed E-state index contributed by atoms with van der Waals surface area (Å²) in [6.45, 7) is 1.73. The maximum atomic E-state index is 12.0. The van der Waals surface area contributed by atoms with Crippen LogP contribution >= 0.6 is 0 Å². The van der Waals surface area contributed by atoms with Crippen LogP contribution in [0.5, 0.6) is 0 Å². The van der Waals surface area contributed by atoms with Crippen molar-refractivity contribution in [1.82, 2.24) is 0 Å². The third-order valence-electron chi connectivity index (χ3n) is 4.24. The van der Waals surface area contributed by atoms with Crippen LogP contribution in [0.2, 0.25) is 0 Å². The molecular weight excluding hydrogens is 320 g/mol. The highest BCUT2D eigenvalue weighted by Crippen LogP contribution is 2.27. The fourth-order valence-electron chi connectivity index (χ4n) is 2.79. The third kappa shape index (κ3) is 9.37. The third-order valence-corrected chi connectivity index (χ3v) is 4.24. The van der Waals surface area contributed by atoms with E-state index in [2.05, 4.69) is 0 Å². The van der Waals surface area contributed by atoms with Gasteiger partial charge in [0.2, 0.25) is 0 Å². The molecule has 0 saturated heterocycles. The SMILES string of the molecule is C[C@@H](O)CCC[C@@H](O)C=CC1=C(CC=CCCCC(=O)O)C(=O)CC1. The Morgan fingerprint density at radius 1 is 1.16 bits per heavy atom. The Hall–Kier alpha value is -1.72. The first-order chi connectivity index (χ1) is 11.9. The molecule has 25 heavy (non-hydrogen) atoms. The number of carbonyl (C=O) groups is 2. The van der Waals surface area contributed by atoms with E-state index < -0.39 is 12.1 Å². The van der Waals surface area contributed by atoms with Gasteiger partial charge in [0.1, 0.15) is 0 Å². The molecule has 5 heteroatoms. The number of aliphatic carboxylic acids is 1. The van der Waals surface area contributed by atoms with Crippen molar-refractivity contribution in [3.05, 3.63) is 35.5 Å². The van der Waals surface area contributed by atoms with Crippen LogP contribution in [0.3, 0.4) is 0 Å². The lowest BCUT2D eigenvalue weighted by Crippen LogP contribution is -2.05. The number of hydrogen-bond donors (Lipinski definition) is 3. The number of rotatable bonds is 12. The molecule has 5 nitrogen and oxygen atoms in total. The molecule has 3 N–H and O–H groups in total. The van der Waals surface area contributed by atoms with Crippen LogP contribution in [-0.4, -0.2) is 39.3 Å². The van der Waals surface area contributed by atoms with Crippen molar-refractivity contribution in [3.8, 4) is 0 Å². The second-order valence-corrected chi connectivity index (χ2v) is 6.59. The Kier molecular flexibility index (Phi) is 10.0. The summed E-state index contributed by atoms with van der Waals surface area (Å²) in [5.74, 6) is -0.639. The van der Waals surface area contributed by atoms with Gasteiger partial charge in [-0.1, -0.05) is 24.3 Å². The minimum absolute atomic E-state index is 0.151. The number of carboxylic acids is 1. The number of ketones is 1. The molecule has 0 saturated carbocycles. The van der Waals surface area contributed by atoms with Gasteiger partial charge in [0.25, 0.3) is 0 Å². The lowest BCUT2D eigenvalue weighted by molar-refractivity contribution is -0.137. The molecule has 0 heterocycles. The highest BCUT2D eigenvalue weighted by molar-refractivity contribution is 5.99. The molecule has 0 aromatic heterocycles. The van der Waals surface area contributed by atoms with E-state index in [1.54, 1.807) is 13.0 Å². The smallest absolute Gasteiger partial charge is 0.303 e. The van der Waals surface area contributed by atoms with Crippen molar-refractivity contribution >= 4 is 11.8 Å². The Balaban J connectivity index is 2.48. The highest BCUT2D eigenvalue weighted by Gasteiger charge is 2.20. The van der Waals surface area contributed by atoms with Crippen LogP contribution in [0.25, 0.3) is 0 Å². The van der Waals surface area contributed by atoms with Crippen molar-refractivity contribution in [2.45, 2.75) is 76.9 Å². The van der Waals surface area contributed by atoms with Crippen LogP contribution in [-0.2, 0) is 9.59 Å². The monoisotopic (exact) mass is 350 g/mol. The molecule has 0 aromatic carbocycles. The summed E-state index contributed by atoms with van der Waals surface area (Å²) in [5.41, 5.74) is 1.77. The second-order valence-electron chi connectivity index (χ2n) is 6.59. The second kappa shape index (κ2) is 11.8. The average molecular weight is 350 g/mol. The lowest BCUT2D eigenvalue weighted by atomic mass is 10.0. The minimum atomic E-state index is -0.790. The van der Waals surface area contributed by atoms with Gasteiger partial charge < -0.3 is 15.3 Å². The van der Waals surface area contributed by atoms with Crippen LogP contribution in [0, 0.1) is 0 Å². The molecule has 0 aromatic rings. The first-order valence-electron chi connectivity index (χ1n) is 9.06. The first kappa shape index (κ1) is 21.3. The van der Waals surface area contributed by atoms with Crippen molar-refractivity contribution in [3.63, 3.8) is 0 Å². The number of carbonyl (C=O) groups excluding carboxylic acids is 1. The summed E-state index contributed by atoms with van der Waals surface area (Å²) >= 11 is 0. The number of carboxylic acid groups (broad SMARTS) is 1. The van der Waals surface area contributed by atoms with Gasteiger partial charge in [-0.25, -0.2) is 0 Å². The Morgan fingerprint density at radius 3 is 2.60 bits per heavy atom. The standard InChI is InChI=1S/C20H30O5/c1-15(21)7-6-8-17(22)13-11-16-12-14-19(23)18(16)9-4-2-3-5-10-20(24)25/h2,4,11,13,15,17,21-22H,3,5-10,12,14H2,1H3,(H,24,25)/t15-,17-/m1/s1. The summed E-state index contributed by atoms with van der Waals surface area (Å²) in [4.78, 5) is 22.4. The average Bonchev–Trinajstić information content (AvgIpc) is 2.88. The maximum Gasteiger partial charge on any atom is 0.303 e. The van der Waals surface area contributed by atoms with E-state index in [0.717, 1.165) is 17.6 Å². The van der Waals surface area contributed by atoms with Gasteiger partial charge in [-0.2, -0.15) is 0 Å². The zero-order chi connectivity index (χ0) is 18.7. The molecule has 140 valence electrons. The zero-order valence-corrected chi connectivity index (χ0v) is 15.0. The summed E-state index contributed by atoms with van der Waals surface area (Å²) < 4.78 is 0.